The first-order valence-electron chi connectivity index (χ1n) is 6.06. The maximum atomic E-state index is 11.9. The third kappa shape index (κ3) is 2.72. The van der Waals surface area contributed by atoms with E-state index in [1.165, 1.54) is 0 Å². The van der Waals surface area contributed by atoms with E-state index >= 15 is 0 Å². The molecule has 0 aromatic rings. The zero-order valence-electron chi connectivity index (χ0n) is 10.4. The quantitative estimate of drug-likeness (QED) is 0.756. The molecule has 4 heteroatoms. The highest BCUT2D eigenvalue weighted by atomic mass is 32.2. The second kappa shape index (κ2) is 5.92. The third-order valence-electron chi connectivity index (χ3n) is 3.33. The number of aliphatic hydroxyl groups is 1. The van der Waals surface area contributed by atoms with Crippen LogP contribution in [-0.4, -0.2) is 34.3 Å². The van der Waals surface area contributed by atoms with E-state index in [9.17, 15) is 9.90 Å². The van der Waals surface area contributed by atoms with Crippen molar-refractivity contribution < 1.29 is 14.6 Å². The summed E-state index contributed by atoms with van der Waals surface area (Å²) in [6.45, 7) is 6.22. The van der Waals surface area contributed by atoms with Crippen LogP contribution in [0.5, 0.6) is 0 Å². The van der Waals surface area contributed by atoms with E-state index in [-0.39, 0.29) is 17.1 Å². The molecule has 0 aromatic carbocycles. The van der Waals surface area contributed by atoms with E-state index < -0.39 is 5.60 Å². The fourth-order valence-electron chi connectivity index (χ4n) is 2.31. The molecule has 0 radical (unpaired) electrons. The van der Waals surface area contributed by atoms with E-state index in [0.717, 1.165) is 12.2 Å². The molecule has 0 aromatic heterocycles. The number of ether oxygens (including phenoxy) is 1. The van der Waals surface area contributed by atoms with E-state index in [2.05, 4.69) is 0 Å². The van der Waals surface area contributed by atoms with Crippen LogP contribution in [0.25, 0.3) is 0 Å². The summed E-state index contributed by atoms with van der Waals surface area (Å²) in [7, 11) is 0. The van der Waals surface area contributed by atoms with E-state index in [0.29, 0.717) is 19.4 Å². The Bertz CT molecular complexity index is 244. The van der Waals surface area contributed by atoms with E-state index in [4.69, 9.17) is 4.74 Å². The molecule has 0 bridgehead atoms. The van der Waals surface area contributed by atoms with Crippen molar-refractivity contribution in [1.82, 2.24) is 0 Å². The molecule has 3 unspecified atom stereocenters. The zero-order valence-corrected chi connectivity index (χ0v) is 11.2. The van der Waals surface area contributed by atoms with Gasteiger partial charge in [-0.25, -0.2) is 0 Å². The van der Waals surface area contributed by atoms with Crippen LogP contribution in [0.3, 0.4) is 0 Å². The molecule has 1 N–H and O–H groups in total. The number of hydrogen-bond acceptors (Lipinski definition) is 4. The number of esters is 1. The van der Waals surface area contributed by atoms with Gasteiger partial charge in [-0.15, -0.1) is 0 Å². The summed E-state index contributed by atoms with van der Waals surface area (Å²) in [5, 5.41) is 10.7. The minimum Gasteiger partial charge on any atom is -0.466 e. The average Bonchev–Trinajstić information content (AvgIpc) is 2.57. The van der Waals surface area contributed by atoms with Crippen molar-refractivity contribution >= 4 is 17.7 Å². The minimum atomic E-state index is -0.868. The first-order chi connectivity index (χ1) is 7.56. The SMILES string of the molecule is CCCC(C(=O)OCC)C1(O)CCSC1C. The smallest absolute Gasteiger partial charge is 0.311 e. The van der Waals surface area contributed by atoms with E-state index in [1.807, 2.05) is 13.8 Å². The molecular weight excluding hydrogens is 224 g/mol. The first-order valence-corrected chi connectivity index (χ1v) is 7.11. The van der Waals surface area contributed by atoms with Crippen LogP contribution in [0.15, 0.2) is 0 Å². The van der Waals surface area contributed by atoms with Gasteiger partial charge in [-0.3, -0.25) is 4.79 Å². The predicted molar refractivity (Wildman–Crippen MR) is 66.5 cm³/mol. The molecule has 1 saturated heterocycles. The van der Waals surface area contributed by atoms with Crippen molar-refractivity contribution in [3.05, 3.63) is 0 Å². The second-order valence-corrected chi connectivity index (χ2v) is 5.80. The van der Waals surface area contributed by atoms with Gasteiger partial charge in [-0.1, -0.05) is 20.3 Å². The van der Waals surface area contributed by atoms with Crippen LogP contribution in [0.1, 0.15) is 40.0 Å². The Labute approximate surface area is 102 Å². The summed E-state index contributed by atoms with van der Waals surface area (Å²) in [5.41, 5.74) is -0.868. The lowest BCUT2D eigenvalue weighted by molar-refractivity contribution is -0.158. The molecule has 3 atom stereocenters. The first kappa shape index (κ1) is 13.8. The Morgan fingerprint density at radius 1 is 1.62 bits per heavy atom. The predicted octanol–water partition coefficient (Wildman–Crippen LogP) is 2.22. The standard InChI is InChI=1S/C12H22O3S/c1-4-6-10(11(13)15-5-2)12(14)7-8-16-9(12)3/h9-10,14H,4-8H2,1-3H3. The van der Waals surface area contributed by atoms with Crippen molar-refractivity contribution in [2.75, 3.05) is 12.4 Å². The lowest BCUT2D eigenvalue weighted by Crippen LogP contribution is -2.47. The van der Waals surface area contributed by atoms with Gasteiger partial charge >= 0.3 is 5.97 Å². The summed E-state index contributed by atoms with van der Waals surface area (Å²) >= 11 is 1.74. The molecule has 94 valence electrons. The molecule has 0 saturated carbocycles. The molecule has 16 heavy (non-hydrogen) atoms. The molecule has 3 nitrogen and oxygen atoms in total. The Morgan fingerprint density at radius 3 is 2.75 bits per heavy atom. The normalized spacial score (nSPS) is 31.4. The Hall–Kier alpha value is -0.220. The summed E-state index contributed by atoms with van der Waals surface area (Å²) in [6, 6.07) is 0. The van der Waals surface area contributed by atoms with Gasteiger partial charge in [0.1, 0.15) is 0 Å². The highest BCUT2D eigenvalue weighted by Crippen LogP contribution is 2.42. The Kier molecular flexibility index (Phi) is 5.12. The monoisotopic (exact) mass is 246 g/mol. The number of carbonyl (C=O) groups is 1. The van der Waals surface area contributed by atoms with Gasteiger partial charge in [0.05, 0.1) is 18.1 Å². The molecule has 0 aliphatic carbocycles. The Morgan fingerprint density at radius 2 is 2.31 bits per heavy atom. The van der Waals surface area contributed by atoms with Gasteiger partial charge in [0.15, 0.2) is 0 Å². The van der Waals surface area contributed by atoms with Gasteiger partial charge in [0, 0.05) is 5.25 Å². The lowest BCUT2D eigenvalue weighted by atomic mass is 9.80. The zero-order chi connectivity index (χ0) is 12.2. The molecule has 1 rings (SSSR count). The largest absolute Gasteiger partial charge is 0.466 e. The third-order valence-corrected chi connectivity index (χ3v) is 4.67. The van der Waals surface area contributed by atoms with Crippen LogP contribution in [0.2, 0.25) is 0 Å². The van der Waals surface area contributed by atoms with Gasteiger partial charge < -0.3 is 9.84 Å². The number of hydrogen-bond donors (Lipinski definition) is 1. The maximum absolute atomic E-state index is 11.9. The molecule has 1 fully saturated rings. The number of carbonyl (C=O) groups excluding carboxylic acids is 1. The van der Waals surface area contributed by atoms with Crippen LogP contribution >= 0.6 is 11.8 Å². The van der Waals surface area contributed by atoms with Crippen molar-refractivity contribution in [2.45, 2.75) is 50.9 Å². The van der Waals surface area contributed by atoms with Crippen LogP contribution in [0, 0.1) is 5.92 Å². The average molecular weight is 246 g/mol. The molecule has 1 aliphatic heterocycles. The fourth-order valence-corrected chi connectivity index (χ4v) is 3.68. The molecule has 0 spiro atoms. The van der Waals surface area contributed by atoms with Gasteiger partial charge in [0.25, 0.3) is 0 Å². The molecule has 1 aliphatic rings. The Balaban J connectivity index is 2.79. The fraction of sp³-hybridized carbons (Fsp3) is 0.917. The highest BCUT2D eigenvalue weighted by Gasteiger charge is 2.48. The highest BCUT2D eigenvalue weighted by molar-refractivity contribution is 8.00. The van der Waals surface area contributed by atoms with Crippen molar-refractivity contribution in [3.63, 3.8) is 0 Å². The van der Waals surface area contributed by atoms with Gasteiger partial charge in [-0.05, 0) is 25.5 Å². The summed E-state index contributed by atoms with van der Waals surface area (Å²) < 4.78 is 5.07. The molecule has 1 heterocycles. The van der Waals surface area contributed by atoms with Crippen LogP contribution in [-0.2, 0) is 9.53 Å². The summed E-state index contributed by atoms with van der Waals surface area (Å²) in [5.74, 6) is 0.334. The minimum absolute atomic E-state index is 0.119. The topological polar surface area (TPSA) is 46.5 Å². The van der Waals surface area contributed by atoms with E-state index in [1.54, 1.807) is 18.7 Å². The van der Waals surface area contributed by atoms with Crippen LogP contribution in [0.4, 0.5) is 0 Å². The molecular formula is C12H22O3S. The van der Waals surface area contributed by atoms with Crippen molar-refractivity contribution in [2.24, 2.45) is 5.92 Å². The van der Waals surface area contributed by atoms with Gasteiger partial charge in [-0.2, -0.15) is 11.8 Å². The number of rotatable bonds is 5. The maximum Gasteiger partial charge on any atom is 0.311 e. The molecule has 0 amide bonds. The van der Waals surface area contributed by atoms with Crippen molar-refractivity contribution in [3.8, 4) is 0 Å². The second-order valence-electron chi connectivity index (χ2n) is 4.35. The number of thioether (sulfide) groups is 1. The summed E-state index contributed by atoms with van der Waals surface area (Å²) in [6.07, 6.45) is 2.30. The van der Waals surface area contributed by atoms with Crippen molar-refractivity contribution in [1.29, 1.82) is 0 Å². The van der Waals surface area contributed by atoms with Gasteiger partial charge in [0.2, 0.25) is 0 Å². The summed E-state index contributed by atoms with van der Waals surface area (Å²) in [4.78, 5) is 11.9. The van der Waals surface area contributed by atoms with Crippen LogP contribution < -0.4 is 0 Å². The lowest BCUT2D eigenvalue weighted by Gasteiger charge is -2.34.